The first kappa shape index (κ1) is 13.2. The van der Waals surface area contributed by atoms with Crippen LogP contribution in [0.25, 0.3) is 10.8 Å². The van der Waals surface area contributed by atoms with Gasteiger partial charge in [0.25, 0.3) is 0 Å². The molecule has 0 radical (unpaired) electrons. The van der Waals surface area contributed by atoms with E-state index in [1.807, 2.05) is 49.4 Å². The van der Waals surface area contributed by atoms with Gasteiger partial charge in [-0.2, -0.15) is 0 Å². The van der Waals surface area contributed by atoms with Crippen molar-refractivity contribution in [2.24, 2.45) is 0 Å². The molecule has 0 aliphatic rings. The van der Waals surface area contributed by atoms with Gasteiger partial charge in [0.1, 0.15) is 11.5 Å². The Morgan fingerprint density at radius 1 is 1.10 bits per heavy atom. The molecular weight excluding hydrogens is 268 g/mol. The maximum Gasteiger partial charge on any atom is 0.371 e. The molecule has 4 heteroatoms. The Balaban J connectivity index is 1.81. The Morgan fingerprint density at radius 3 is 2.57 bits per heavy atom. The number of furan rings is 1. The number of benzene rings is 2. The van der Waals surface area contributed by atoms with E-state index in [-0.39, 0.29) is 11.9 Å². The largest absolute Gasteiger partial charge is 0.483 e. The fourth-order valence-corrected chi connectivity index (χ4v) is 2.19. The molecule has 106 valence electrons. The maximum atomic E-state index is 10.8. The van der Waals surface area contributed by atoms with Crippen molar-refractivity contribution in [1.82, 2.24) is 0 Å². The van der Waals surface area contributed by atoms with Crippen LogP contribution in [0.2, 0.25) is 0 Å². The van der Waals surface area contributed by atoms with Crippen LogP contribution in [0.5, 0.6) is 5.75 Å². The second kappa shape index (κ2) is 5.32. The summed E-state index contributed by atoms with van der Waals surface area (Å²) >= 11 is 0. The van der Waals surface area contributed by atoms with Crippen LogP contribution in [0.3, 0.4) is 0 Å². The molecule has 0 aliphatic carbocycles. The zero-order valence-corrected chi connectivity index (χ0v) is 11.4. The van der Waals surface area contributed by atoms with Gasteiger partial charge in [-0.25, -0.2) is 4.79 Å². The lowest BCUT2D eigenvalue weighted by Gasteiger charge is -2.13. The van der Waals surface area contributed by atoms with Crippen molar-refractivity contribution in [1.29, 1.82) is 0 Å². The van der Waals surface area contributed by atoms with Crippen molar-refractivity contribution >= 4 is 16.7 Å². The molecular formula is C17H14O4. The number of carbonyl (C=O) groups is 1. The van der Waals surface area contributed by atoms with Crippen LogP contribution in [0.4, 0.5) is 0 Å². The fourth-order valence-electron chi connectivity index (χ4n) is 2.19. The van der Waals surface area contributed by atoms with E-state index in [9.17, 15) is 4.79 Å². The molecule has 0 saturated carbocycles. The number of rotatable bonds is 4. The molecule has 1 atom stereocenters. The second-order valence-corrected chi connectivity index (χ2v) is 4.78. The molecule has 3 aromatic rings. The molecule has 1 aromatic heterocycles. The quantitative estimate of drug-likeness (QED) is 0.776. The van der Waals surface area contributed by atoms with E-state index < -0.39 is 5.97 Å². The van der Waals surface area contributed by atoms with Gasteiger partial charge < -0.3 is 14.3 Å². The number of carboxylic acid groups (broad SMARTS) is 1. The molecule has 1 heterocycles. The third-order valence-electron chi connectivity index (χ3n) is 3.27. The highest BCUT2D eigenvalue weighted by atomic mass is 16.5. The molecule has 0 bridgehead atoms. The second-order valence-electron chi connectivity index (χ2n) is 4.78. The van der Waals surface area contributed by atoms with E-state index in [1.165, 1.54) is 6.07 Å². The summed E-state index contributed by atoms with van der Waals surface area (Å²) in [4.78, 5) is 10.8. The lowest BCUT2D eigenvalue weighted by atomic mass is 10.1. The van der Waals surface area contributed by atoms with Crippen molar-refractivity contribution in [3.05, 3.63) is 66.1 Å². The molecule has 0 amide bonds. The van der Waals surface area contributed by atoms with Crippen LogP contribution < -0.4 is 4.74 Å². The van der Waals surface area contributed by atoms with E-state index in [1.54, 1.807) is 6.07 Å². The van der Waals surface area contributed by atoms with Gasteiger partial charge in [-0.1, -0.05) is 30.3 Å². The highest BCUT2D eigenvalue weighted by Crippen LogP contribution is 2.26. The Morgan fingerprint density at radius 2 is 1.86 bits per heavy atom. The first-order chi connectivity index (χ1) is 10.1. The standard InChI is InChI=1S/C17H14O4/c1-11(15-8-9-16(21-15)17(18)19)20-14-7-6-12-4-2-3-5-13(12)10-14/h2-11H,1H3,(H,18,19). The summed E-state index contributed by atoms with van der Waals surface area (Å²) in [6, 6.07) is 16.9. The van der Waals surface area contributed by atoms with Gasteiger partial charge in [0.2, 0.25) is 5.76 Å². The van der Waals surface area contributed by atoms with Crippen molar-refractivity contribution in [2.75, 3.05) is 0 Å². The number of carboxylic acids is 1. The molecule has 4 nitrogen and oxygen atoms in total. The predicted molar refractivity (Wildman–Crippen MR) is 78.7 cm³/mol. The van der Waals surface area contributed by atoms with Gasteiger partial charge in [-0.3, -0.25) is 0 Å². The molecule has 0 saturated heterocycles. The summed E-state index contributed by atoms with van der Waals surface area (Å²) in [7, 11) is 0. The minimum absolute atomic E-state index is 0.0843. The highest BCUT2D eigenvalue weighted by molar-refractivity contribution is 5.84. The van der Waals surface area contributed by atoms with Crippen LogP contribution in [-0.4, -0.2) is 11.1 Å². The Labute approximate surface area is 121 Å². The summed E-state index contributed by atoms with van der Waals surface area (Å²) in [5, 5.41) is 11.1. The van der Waals surface area contributed by atoms with E-state index in [0.29, 0.717) is 5.76 Å². The Hall–Kier alpha value is -2.75. The first-order valence-electron chi connectivity index (χ1n) is 6.62. The molecule has 0 fully saturated rings. The van der Waals surface area contributed by atoms with Crippen LogP contribution in [-0.2, 0) is 0 Å². The average Bonchev–Trinajstić information content (AvgIpc) is 2.97. The minimum atomic E-state index is -1.08. The van der Waals surface area contributed by atoms with Crippen molar-refractivity contribution in [3.63, 3.8) is 0 Å². The van der Waals surface area contributed by atoms with Crippen molar-refractivity contribution in [2.45, 2.75) is 13.0 Å². The van der Waals surface area contributed by atoms with Crippen molar-refractivity contribution in [3.8, 4) is 5.75 Å². The summed E-state index contributed by atoms with van der Waals surface area (Å²) in [6.07, 6.45) is -0.362. The first-order valence-corrected chi connectivity index (χ1v) is 6.62. The van der Waals surface area contributed by atoms with Gasteiger partial charge in [0, 0.05) is 0 Å². The van der Waals surface area contributed by atoms with Gasteiger partial charge in [-0.15, -0.1) is 0 Å². The number of hydrogen-bond acceptors (Lipinski definition) is 3. The van der Waals surface area contributed by atoms with Gasteiger partial charge in [-0.05, 0) is 42.0 Å². The summed E-state index contributed by atoms with van der Waals surface area (Å²) in [5.74, 6) is 0.0353. The van der Waals surface area contributed by atoms with Crippen LogP contribution >= 0.6 is 0 Å². The topological polar surface area (TPSA) is 59.7 Å². The lowest BCUT2D eigenvalue weighted by molar-refractivity contribution is 0.0655. The average molecular weight is 282 g/mol. The van der Waals surface area contributed by atoms with Crippen LogP contribution in [0.15, 0.2) is 59.0 Å². The maximum absolute atomic E-state index is 10.8. The third-order valence-corrected chi connectivity index (χ3v) is 3.27. The van der Waals surface area contributed by atoms with Crippen LogP contribution in [0.1, 0.15) is 29.3 Å². The van der Waals surface area contributed by atoms with E-state index in [0.717, 1.165) is 16.5 Å². The Kier molecular flexibility index (Phi) is 3.36. The molecule has 2 aromatic carbocycles. The molecule has 21 heavy (non-hydrogen) atoms. The molecule has 1 unspecified atom stereocenters. The molecule has 0 spiro atoms. The van der Waals surface area contributed by atoms with Gasteiger partial charge in [0.15, 0.2) is 6.10 Å². The summed E-state index contributed by atoms with van der Waals surface area (Å²) in [5.41, 5.74) is 0. The minimum Gasteiger partial charge on any atom is -0.483 e. The van der Waals surface area contributed by atoms with E-state index in [4.69, 9.17) is 14.3 Å². The molecule has 3 rings (SSSR count). The van der Waals surface area contributed by atoms with Gasteiger partial charge in [0.05, 0.1) is 0 Å². The SMILES string of the molecule is CC(Oc1ccc2ccccc2c1)c1ccc(C(=O)O)o1. The smallest absolute Gasteiger partial charge is 0.371 e. The molecule has 0 aliphatic heterocycles. The zero-order chi connectivity index (χ0) is 14.8. The van der Waals surface area contributed by atoms with Crippen LogP contribution in [0, 0.1) is 0 Å². The highest BCUT2D eigenvalue weighted by Gasteiger charge is 2.15. The number of fused-ring (bicyclic) bond motifs is 1. The summed E-state index contributed by atoms with van der Waals surface area (Å²) in [6.45, 7) is 1.82. The normalized spacial score (nSPS) is 12.2. The fraction of sp³-hybridized carbons (Fsp3) is 0.118. The Bertz CT molecular complexity index is 788. The van der Waals surface area contributed by atoms with E-state index >= 15 is 0 Å². The van der Waals surface area contributed by atoms with E-state index in [2.05, 4.69) is 0 Å². The number of ether oxygens (including phenoxy) is 1. The molecule has 1 N–H and O–H groups in total. The summed E-state index contributed by atoms with van der Waals surface area (Å²) < 4.78 is 11.1. The number of aromatic carboxylic acids is 1. The van der Waals surface area contributed by atoms with Crippen molar-refractivity contribution < 1.29 is 19.1 Å². The predicted octanol–water partition coefficient (Wildman–Crippen LogP) is 4.27. The zero-order valence-electron chi connectivity index (χ0n) is 11.4. The number of hydrogen-bond donors (Lipinski definition) is 1. The third kappa shape index (κ3) is 2.74. The van der Waals surface area contributed by atoms with Gasteiger partial charge >= 0.3 is 5.97 Å². The lowest BCUT2D eigenvalue weighted by Crippen LogP contribution is -2.02. The monoisotopic (exact) mass is 282 g/mol.